The van der Waals surface area contributed by atoms with Crippen LogP contribution in [-0.4, -0.2) is 69.2 Å². The molecule has 8 nitrogen and oxygen atoms in total. The molecule has 1 saturated heterocycles. The Labute approximate surface area is 176 Å². The first-order chi connectivity index (χ1) is 13.7. The Morgan fingerprint density at radius 1 is 1.24 bits per heavy atom. The summed E-state index contributed by atoms with van der Waals surface area (Å²) in [7, 11) is -3.12. The maximum absolute atomic E-state index is 11.7. The number of aryl methyl sites for hydroxylation is 2. The molecule has 1 aromatic carbocycles. The zero-order valence-electron chi connectivity index (χ0n) is 18.0. The first-order valence-corrected chi connectivity index (χ1v) is 11.0. The average Bonchev–Trinajstić information content (AvgIpc) is 2.70. The Balaban J connectivity index is 0.000000537. The topological polar surface area (TPSA) is 122 Å². The maximum Gasteiger partial charge on any atom is 0.254 e. The summed E-state index contributed by atoms with van der Waals surface area (Å²) in [6, 6.07) is 7.97. The van der Waals surface area contributed by atoms with Crippen molar-refractivity contribution in [1.29, 1.82) is 0 Å². The molecule has 1 heterocycles. The number of nitrogens with one attached hydrogen (secondary N) is 1. The van der Waals surface area contributed by atoms with Gasteiger partial charge in [-0.2, -0.15) is 0 Å². The predicted molar refractivity (Wildman–Crippen MR) is 117 cm³/mol. The summed E-state index contributed by atoms with van der Waals surface area (Å²) in [5.41, 5.74) is 8.58. The van der Waals surface area contributed by atoms with Gasteiger partial charge in [0.25, 0.3) is 11.0 Å². The van der Waals surface area contributed by atoms with Gasteiger partial charge in [-0.05, 0) is 30.9 Å². The van der Waals surface area contributed by atoms with Crippen LogP contribution in [0.5, 0.6) is 0 Å². The van der Waals surface area contributed by atoms with Gasteiger partial charge in [-0.15, -0.1) is 0 Å². The van der Waals surface area contributed by atoms with Gasteiger partial charge >= 0.3 is 0 Å². The molecule has 1 aliphatic rings. The third kappa shape index (κ3) is 14.2. The summed E-state index contributed by atoms with van der Waals surface area (Å²) in [6.45, 7) is 13.3. The monoisotopic (exact) mass is 431 g/mol. The molecule has 0 aliphatic carbocycles. The minimum Gasteiger partial charge on any atom is -0.379 e. The van der Waals surface area contributed by atoms with Gasteiger partial charge in [0.1, 0.15) is 0 Å². The van der Waals surface area contributed by atoms with Crippen molar-refractivity contribution in [3.63, 3.8) is 0 Å². The number of nitrogens with zero attached hydrogens (tertiary/aromatic N) is 1. The number of morpholine rings is 1. The molecule has 2 rings (SSSR count). The SMILES string of the molecule is CCC(C)C(N)C(=O)NCCN1CCOCC1.Cc1ccccc1C.O=[SH](=O)O. The molecular weight excluding hydrogens is 394 g/mol. The summed E-state index contributed by atoms with van der Waals surface area (Å²) in [5, 5.41) is 2.90. The van der Waals surface area contributed by atoms with E-state index in [2.05, 4.69) is 48.3 Å². The summed E-state index contributed by atoms with van der Waals surface area (Å²) in [5.74, 6) is 0.200. The molecule has 1 aliphatic heterocycles. The first-order valence-electron chi connectivity index (χ1n) is 9.87. The van der Waals surface area contributed by atoms with Crippen LogP contribution in [0.4, 0.5) is 0 Å². The normalized spacial score (nSPS) is 16.0. The number of amides is 1. The van der Waals surface area contributed by atoms with E-state index in [4.69, 9.17) is 23.4 Å². The highest BCUT2D eigenvalue weighted by Gasteiger charge is 2.19. The van der Waals surface area contributed by atoms with Crippen LogP contribution in [-0.2, 0) is 20.5 Å². The van der Waals surface area contributed by atoms with Crippen molar-refractivity contribution < 1.29 is 22.5 Å². The van der Waals surface area contributed by atoms with Gasteiger partial charge in [-0.25, -0.2) is 8.42 Å². The Bertz CT molecular complexity index is 620. The largest absolute Gasteiger partial charge is 0.379 e. The second kappa shape index (κ2) is 16.3. The van der Waals surface area contributed by atoms with Gasteiger partial charge in [-0.1, -0.05) is 44.5 Å². The first kappa shape index (κ1) is 27.5. The molecule has 0 saturated carbocycles. The van der Waals surface area contributed by atoms with Crippen molar-refractivity contribution >= 4 is 16.9 Å². The van der Waals surface area contributed by atoms with Gasteiger partial charge in [0.2, 0.25) is 5.91 Å². The van der Waals surface area contributed by atoms with Crippen molar-refractivity contribution in [1.82, 2.24) is 10.2 Å². The van der Waals surface area contributed by atoms with Crippen LogP contribution < -0.4 is 11.1 Å². The van der Waals surface area contributed by atoms with E-state index < -0.39 is 11.0 Å². The molecule has 1 aromatic rings. The van der Waals surface area contributed by atoms with Gasteiger partial charge in [0.05, 0.1) is 19.3 Å². The number of hydrogen-bond donors (Lipinski definition) is 4. The zero-order valence-corrected chi connectivity index (χ0v) is 18.9. The minimum atomic E-state index is -3.12. The van der Waals surface area contributed by atoms with Crippen molar-refractivity contribution in [2.75, 3.05) is 39.4 Å². The molecule has 4 N–H and O–H groups in total. The van der Waals surface area contributed by atoms with Crippen LogP contribution in [0.3, 0.4) is 0 Å². The van der Waals surface area contributed by atoms with Crippen LogP contribution in [0.25, 0.3) is 0 Å². The Hall–Kier alpha value is -1.52. The fourth-order valence-corrected chi connectivity index (χ4v) is 2.45. The summed E-state index contributed by atoms with van der Waals surface area (Å²) < 4.78 is 29.5. The third-order valence-corrected chi connectivity index (χ3v) is 4.82. The number of benzene rings is 1. The van der Waals surface area contributed by atoms with E-state index in [1.807, 2.05) is 13.8 Å². The second-order valence-electron chi connectivity index (χ2n) is 6.98. The molecule has 1 amide bonds. The number of carbonyl (C=O) groups excluding carboxylic acids is 1. The molecule has 0 bridgehead atoms. The van der Waals surface area contributed by atoms with Crippen molar-refractivity contribution in [3.8, 4) is 0 Å². The van der Waals surface area contributed by atoms with E-state index in [1.165, 1.54) is 11.1 Å². The molecule has 1 fully saturated rings. The van der Waals surface area contributed by atoms with Crippen LogP contribution in [0.2, 0.25) is 0 Å². The van der Waals surface area contributed by atoms with E-state index in [9.17, 15) is 4.79 Å². The predicted octanol–water partition coefficient (Wildman–Crippen LogP) is 1.18. The standard InChI is InChI=1S/C12H25N3O2.C8H10.H2O3S/c1-3-10(2)11(13)12(16)14-4-5-15-6-8-17-9-7-15;1-7-5-3-4-6-8(7)2;1-4(2)3/h10-11H,3-9,13H2,1-2H3,(H,14,16);3-6H,1-2H3;4H,(H,1,2,3). The van der Waals surface area contributed by atoms with Gasteiger partial charge in [-0.3, -0.25) is 14.2 Å². The van der Waals surface area contributed by atoms with Crippen molar-refractivity contribution in [3.05, 3.63) is 35.4 Å². The lowest BCUT2D eigenvalue weighted by atomic mass is 9.99. The number of hydrogen-bond acceptors (Lipinski definition) is 6. The van der Waals surface area contributed by atoms with Crippen molar-refractivity contribution in [2.45, 2.75) is 40.2 Å². The van der Waals surface area contributed by atoms with Crippen LogP contribution in [0.1, 0.15) is 31.4 Å². The number of thiol groups is 1. The molecule has 0 aromatic heterocycles. The summed E-state index contributed by atoms with van der Waals surface area (Å²) in [6.07, 6.45) is 0.929. The summed E-state index contributed by atoms with van der Waals surface area (Å²) >= 11 is 0. The van der Waals surface area contributed by atoms with E-state index in [-0.39, 0.29) is 17.9 Å². The molecule has 9 heteroatoms. The molecule has 29 heavy (non-hydrogen) atoms. The maximum atomic E-state index is 11.7. The second-order valence-corrected chi connectivity index (χ2v) is 7.45. The highest BCUT2D eigenvalue weighted by molar-refractivity contribution is 7.66. The lowest BCUT2D eigenvalue weighted by Crippen LogP contribution is -2.47. The highest BCUT2D eigenvalue weighted by atomic mass is 32.2. The fourth-order valence-electron chi connectivity index (χ4n) is 2.45. The molecule has 2 unspecified atom stereocenters. The van der Waals surface area contributed by atoms with E-state index in [0.29, 0.717) is 6.54 Å². The number of rotatable bonds is 6. The lowest BCUT2D eigenvalue weighted by molar-refractivity contribution is -0.123. The third-order valence-electron chi connectivity index (χ3n) is 4.82. The lowest BCUT2D eigenvalue weighted by Gasteiger charge is -2.27. The number of carbonyl (C=O) groups is 1. The van der Waals surface area contributed by atoms with Crippen molar-refractivity contribution in [2.24, 2.45) is 11.7 Å². The van der Waals surface area contributed by atoms with Crippen LogP contribution in [0, 0.1) is 19.8 Å². The molecular formula is C20H37N3O5S. The van der Waals surface area contributed by atoms with Gasteiger partial charge in [0.15, 0.2) is 0 Å². The minimum absolute atomic E-state index is 0.0346. The molecule has 2 atom stereocenters. The van der Waals surface area contributed by atoms with Gasteiger partial charge in [0, 0.05) is 26.2 Å². The average molecular weight is 432 g/mol. The Morgan fingerprint density at radius 3 is 2.14 bits per heavy atom. The van der Waals surface area contributed by atoms with Crippen LogP contribution >= 0.6 is 0 Å². The van der Waals surface area contributed by atoms with Gasteiger partial charge < -0.3 is 15.8 Å². The van der Waals surface area contributed by atoms with E-state index >= 15 is 0 Å². The fraction of sp³-hybridized carbons (Fsp3) is 0.650. The zero-order chi connectivity index (χ0) is 22.2. The number of nitrogens with two attached hydrogens (primary N) is 1. The van der Waals surface area contributed by atoms with E-state index in [1.54, 1.807) is 0 Å². The Kier molecular flexibility index (Phi) is 15.4. The molecule has 168 valence electrons. The summed E-state index contributed by atoms with van der Waals surface area (Å²) in [4.78, 5) is 14.0. The molecule has 0 spiro atoms. The van der Waals surface area contributed by atoms with E-state index in [0.717, 1.165) is 39.3 Å². The van der Waals surface area contributed by atoms with Crippen LogP contribution in [0.15, 0.2) is 24.3 Å². The smallest absolute Gasteiger partial charge is 0.254 e. The molecule has 0 radical (unpaired) electrons. The quantitative estimate of drug-likeness (QED) is 0.394. The Morgan fingerprint density at radius 2 is 1.72 bits per heavy atom. The highest BCUT2D eigenvalue weighted by Crippen LogP contribution is 2.05. The number of ether oxygens (including phenoxy) is 1.